The second kappa shape index (κ2) is 11.5. The molecule has 0 aliphatic carbocycles. The number of hydrogen-bond donors (Lipinski definition) is 2. The monoisotopic (exact) mass is 214 g/mol. The molecule has 90 valence electrons. The van der Waals surface area contributed by atoms with Gasteiger partial charge in [0.05, 0.1) is 0 Å². The van der Waals surface area contributed by atoms with E-state index in [-0.39, 0.29) is 5.91 Å². The van der Waals surface area contributed by atoms with E-state index in [0.717, 1.165) is 6.42 Å². The van der Waals surface area contributed by atoms with E-state index >= 15 is 0 Å². The van der Waals surface area contributed by atoms with Gasteiger partial charge in [-0.05, 0) is 6.42 Å². The smallest absolute Gasteiger partial charge is 0.220 e. The van der Waals surface area contributed by atoms with E-state index in [9.17, 15) is 4.79 Å². The number of hydrogen-bond acceptors (Lipinski definition) is 2. The fourth-order valence-electron chi connectivity index (χ4n) is 1.54. The summed E-state index contributed by atoms with van der Waals surface area (Å²) < 4.78 is 0. The molecule has 3 N–H and O–H groups in total. The lowest BCUT2D eigenvalue weighted by Crippen LogP contribution is -2.28. The minimum absolute atomic E-state index is 0.147. The van der Waals surface area contributed by atoms with Crippen molar-refractivity contribution in [1.29, 1.82) is 0 Å². The summed E-state index contributed by atoms with van der Waals surface area (Å²) >= 11 is 0. The molecular weight excluding hydrogens is 188 g/mol. The molecule has 0 saturated carbocycles. The molecule has 0 saturated heterocycles. The van der Waals surface area contributed by atoms with Crippen LogP contribution in [0.4, 0.5) is 0 Å². The van der Waals surface area contributed by atoms with Crippen LogP contribution in [0.2, 0.25) is 0 Å². The average molecular weight is 214 g/mol. The lowest BCUT2D eigenvalue weighted by molar-refractivity contribution is -0.121. The zero-order valence-electron chi connectivity index (χ0n) is 10.1. The molecule has 0 heterocycles. The summed E-state index contributed by atoms with van der Waals surface area (Å²) in [6.07, 6.45) is 9.42. The molecule has 0 atom stereocenters. The molecule has 3 nitrogen and oxygen atoms in total. The van der Waals surface area contributed by atoms with E-state index in [1.54, 1.807) is 0 Å². The molecule has 0 bridgehead atoms. The Morgan fingerprint density at radius 2 is 1.67 bits per heavy atom. The predicted octanol–water partition coefficient (Wildman–Crippen LogP) is 2.20. The summed E-state index contributed by atoms with van der Waals surface area (Å²) in [5, 5.41) is 2.78. The molecule has 0 aromatic heterocycles. The van der Waals surface area contributed by atoms with Gasteiger partial charge in [0, 0.05) is 19.5 Å². The van der Waals surface area contributed by atoms with Crippen molar-refractivity contribution in [3.63, 3.8) is 0 Å². The molecule has 0 radical (unpaired) electrons. The Balaban J connectivity index is 3.06. The third kappa shape index (κ3) is 11.4. The Hall–Kier alpha value is -0.570. The van der Waals surface area contributed by atoms with Gasteiger partial charge in [-0.25, -0.2) is 0 Å². The maximum absolute atomic E-state index is 11.2. The number of rotatable bonds is 10. The number of nitrogens with one attached hydrogen (secondary N) is 1. The van der Waals surface area contributed by atoms with Crippen LogP contribution in [-0.4, -0.2) is 19.0 Å². The summed E-state index contributed by atoms with van der Waals surface area (Å²) in [5.41, 5.74) is 5.28. The largest absolute Gasteiger partial charge is 0.355 e. The molecule has 0 spiro atoms. The number of unbranched alkanes of at least 4 members (excludes halogenated alkanes) is 6. The topological polar surface area (TPSA) is 55.1 Å². The molecule has 0 aromatic rings. The van der Waals surface area contributed by atoms with Gasteiger partial charge in [0.15, 0.2) is 0 Å². The summed E-state index contributed by atoms with van der Waals surface area (Å²) in [4.78, 5) is 11.2. The molecule has 0 aliphatic heterocycles. The van der Waals surface area contributed by atoms with Crippen LogP contribution in [0.3, 0.4) is 0 Å². The zero-order valence-corrected chi connectivity index (χ0v) is 10.1. The van der Waals surface area contributed by atoms with Crippen LogP contribution in [0.15, 0.2) is 0 Å². The van der Waals surface area contributed by atoms with Crippen molar-refractivity contribution in [1.82, 2.24) is 5.32 Å². The molecule has 0 rings (SSSR count). The van der Waals surface area contributed by atoms with E-state index in [0.29, 0.717) is 19.5 Å². The van der Waals surface area contributed by atoms with Crippen molar-refractivity contribution in [2.24, 2.45) is 5.73 Å². The van der Waals surface area contributed by atoms with Gasteiger partial charge in [-0.3, -0.25) is 4.79 Å². The fraction of sp³-hybridized carbons (Fsp3) is 0.917. The van der Waals surface area contributed by atoms with Gasteiger partial charge < -0.3 is 11.1 Å². The van der Waals surface area contributed by atoms with Crippen molar-refractivity contribution in [2.75, 3.05) is 13.1 Å². The Bertz CT molecular complexity index is 149. The highest BCUT2D eigenvalue weighted by atomic mass is 16.1. The third-order valence-electron chi connectivity index (χ3n) is 2.47. The Labute approximate surface area is 93.8 Å². The van der Waals surface area contributed by atoms with Crippen molar-refractivity contribution in [3.8, 4) is 0 Å². The van der Waals surface area contributed by atoms with E-state index in [1.165, 1.54) is 38.5 Å². The third-order valence-corrected chi connectivity index (χ3v) is 2.47. The van der Waals surface area contributed by atoms with Crippen LogP contribution >= 0.6 is 0 Å². The average Bonchev–Trinajstić information content (AvgIpc) is 2.25. The van der Waals surface area contributed by atoms with Gasteiger partial charge in [-0.1, -0.05) is 45.4 Å². The molecule has 0 aliphatic rings. The van der Waals surface area contributed by atoms with Gasteiger partial charge in [-0.15, -0.1) is 0 Å². The van der Waals surface area contributed by atoms with Crippen molar-refractivity contribution in [2.45, 2.75) is 58.3 Å². The fourth-order valence-corrected chi connectivity index (χ4v) is 1.54. The van der Waals surface area contributed by atoms with Gasteiger partial charge in [0.1, 0.15) is 0 Å². The van der Waals surface area contributed by atoms with Gasteiger partial charge in [-0.2, -0.15) is 0 Å². The number of amides is 1. The molecule has 0 fully saturated rings. The summed E-state index contributed by atoms with van der Waals surface area (Å²) in [5.74, 6) is 0.147. The first-order valence-electron chi connectivity index (χ1n) is 6.28. The Morgan fingerprint density at radius 1 is 1.07 bits per heavy atom. The van der Waals surface area contributed by atoms with Gasteiger partial charge >= 0.3 is 0 Å². The highest BCUT2D eigenvalue weighted by Gasteiger charge is 1.98. The maximum atomic E-state index is 11.2. The van der Waals surface area contributed by atoms with Crippen LogP contribution in [0.5, 0.6) is 0 Å². The summed E-state index contributed by atoms with van der Waals surface area (Å²) in [7, 11) is 0. The molecular formula is C12H26N2O. The minimum atomic E-state index is 0.147. The van der Waals surface area contributed by atoms with Crippen LogP contribution < -0.4 is 11.1 Å². The molecule has 0 aromatic carbocycles. The van der Waals surface area contributed by atoms with Crippen molar-refractivity contribution >= 4 is 5.91 Å². The van der Waals surface area contributed by atoms with E-state index in [2.05, 4.69) is 12.2 Å². The van der Waals surface area contributed by atoms with E-state index < -0.39 is 0 Å². The van der Waals surface area contributed by atoms with Crippen molar-refractivity contribution in [3.05, 3.63) is 0 Å². The first kappa shape index (κ1) is 14.4. The highest BCUT2D eigenvalue weighted by molar-refractivity contribution is 5.75. The Kier molecular flexibility index (Phi) is 11.1. The van der Waals surface area contributed by atoms with E-state index in [1.807, 2.05) is 0 Å². The standard InChI is InChI=1S/C12H26N2O/c1-2-3-4-5-6-7-8-9-12(15)14-11-10-13/h2-11,13H2,1H3,(H,14,15). The van der Waals surface area contributed by atoms with Gasteiger partial charge in [0.2, 0.25) is 5.91 Å². The van der Waals surface area contributed by atoms with Crippen LogP contribution in [-0.2, 0) is 4.79 Å². The zero-order chi connectivity index (χ0) is 11.4. The first-order chi connectivity index (χ1) is 7.31. The first-order valence-corrected chi connectivity index (χ1v) is 6.28. The van der Waals surface area contributed by atoms with Crippen molar-refractivity contribution < 1.29 is 4.79 Å². The molecule has 1 amide bonds. The molecule has 15 heavy (non-hydrogen) atoms. The lowest BCUT2D eigenvalue weighted by Gasteiger charge is -2.03. The van der Waals surface area contributed by atoms with E-state index in [4.69, 9.17) is 5.73 Å². The second-order valence-corrected chi connectivity index (χ2v) is 4.01. The Morgan fingerprint density at radius 3 is 2.27 bits per heavy atom. The quantitative estimate of drug-likeness (QED) is 0.548. The molecule has 0 unspecified atom stereocenters. The lowest BCUT2D eigenvalue weighted by atomic mass is 10.1. The summed E-state index contributed by atoms with van der Waals surface area (Å²) in [6.45, 7) is 3.36. The molecule has 3 heteroatoms. The van der Waals surface area contributed by atoms with Crippen LogP contribution in [0.25, 0.3) is 0 Å². The van der Waals surface area contributed by atoms with Crippen LogP contribution in [0, 0.1) is 0 Å². The SMILES string of the molecule is CCCCCCCCCC(=O)NCCN. The highest BCUT2D eigenvalue weighted by Crippen LogP contribution is 2.07. The number of nitrogens with two attached hydrogens (primary N) is 1. The summed E-state index contributed by atoms with van der Waals surface area (Å²) in [6, 6.07) is 0. The minimum Gasteiger partial charge on any atom is -0.355 e. The predicted molar refractivity (Wildman–Crippen MR) is 64.7 cm³/mol. The number of carbonyl (C=O) groups excluding carboxylic acids is 1. The number of carbonyl (C=O) groups is 1. The normalized spacial score (nSPS) is 10.3. The van der Waals surface area contributed by atoms with Gasteiger partial charge in [0.25, 0.3) is 0 Å². The maximum Gasteiger partial charge on any atom is 0.220 e. The second-order valence-electron chi connectivity index (χ2n) is 4.01. The van der Waals surface area contributed by atoms with Crippen LogP contribution in [0.1, 0.15) is 58.3 Å².